The molecule has 0 spiro atoms. The van der Waals surface area contributed by atoms with E-state index >= 15 is 0 Å². The van der Waals surface area contributed by atoms with Gasteiger partial charge in [0, 0.05) is 5.39 Å². The van der Waals surface area contributed by atoms with E-state index in [2.05, 4.69) is 42.9 Å². The SMILES string of the molecule is CCCCc1c(C)c(C)c(Cl)c2c(C)c([Si])[nH]c12. The minimum absolute atomic E-state index is 0.890. The lowest BCUT2D eigenvalue weighted by Gasteiger charge is -2.13. The van der Waals surface area contributed by atoms with Crippen LogP contribution >= 0.6 is 11.6 Å². The van der Waals surface area contributed by atoms with Gasteiger partial charge in [-0.3, -0.25) is 0 Å². The van der Waals surface area contributed by atoms with E-state index in [4.69, 9.17) is 11.6 Å². The average Bonchev–Trinajstić information content (AvgIpc) is 2.63. The summed E-state index contributed by atoms with van der Waals surface area (Å²) in [6.07, 6.45) is 3.54. The quantitative estimate of drug-likeness (QED) is 0.819. The third-order valence-corrected chi connectivity index (χ3v) is 4.87. The highest BCUT2D eigenvalue weighted by Gasteiger charge is 2.17. The zero-order chi connectivity index (χ0) is 13.4. The van der Waals surface area contributed by atoms with Gasteiger partial charge in [0.2, 0.25) is 0 Å². The molecule has 1 heterocycles. The van der Waals surface area contributed by atoms with Crippen molar-refractivity contribution in [1.29, 1.82) is 0 Å². The molecule has 1 aromatic carbocycles. The number of nitrogens with one attached hydrogen (secondary N) is 1. The van der Waals surface area contributed by atoms with Crippen molar-refractivity contribution in [2.75, 3.05) is 0 Å². The van der Waals surface area contributed by atoms with Crippen LogP contribution in [0.2, 0.25) is 5.02 Å². The van der Waals surface area contributed by atoms with Crippen LogP contribution in [-0.4, -0.2) is 15.2 Å². The van der Waals surface area contributed by atoms with Gasteiger partial charge in [-0.05, 0) is 61.2 Å². The van der Waals surface area contributed by atoms with Gasteiger partial charge in [0.1, 0.15) is 0 Å². The third kappa shape index (κ3) is 2.02. The number of unbranched alkanes of at least 4 members (excludes halogenated alkanes) is 1. The lowest BCUT2D eigenvalue weighted by atomic mass is 9.95. The van der Waals surface area contributed by atoms with Crippen molar-refractivity contribution < 1.29 is 0 Å². The number of rotatable bonds is 3. The van der Waals surface area contributed by atoms with Crippen LogP contribution in [0, 0.1) is 20.8 Å². The molecule has 3 radical (unpaired) electrons. The van der Waals surface area contributed by atoms with Gasteiger partial charge >= 0.3 is 0 Å². The molecule has 1 nitrogen and oxygen atoms in total. The lowest BCUT2D eigenvalue weighted by Crippen LogP contribution is -2.05. The second-order valence-electron chi connectivity index (χ2n) is 5.02. The average molecular weight is 277 g/mol. The normalized spacial score (nSPS) is 11.4. The molecule has 0 aliphatic heterocycles. The summed E-state index contributed by atoms with van der Waals surface area (Å²) in [6, 6.07) is 0. The first-order chi connectivity index (χ1) is 8.49. The molecule has 0 saturated carbocycles. The Morgan fingerprint density at radius 3 is 2.39 bits per heavy atom. The maximum Gasteiger partial charge on any atom is 0.0966 e. The zero-order valence-electron chi connectivity index (χ0n) is 11.5. The number of hydrogen-bond donors (Lipinski definition) is 1. The van der Waals surface area contributed by atoms with Crippen LogP contribution in [0.15, 0.2) is 0 Å². The molecule has 1 aromatic heterocycles. The fourth-order valence-electron chi connectivity index (χ4n) is 2.53. The van der Waals surface area contributed by atoms with E-state index < -0.39 is 0 Å². The Balaban J connectivity index is 2.79. The van der Waals surface area contributed by atoms with E-state index in [0.717, 1.165) is 16.8 Å². The van der Waals surface area contributed by atoms with Gasteiger partial charge < -0.3 is 4.98 Å². The predicted molar refractivity (Wildman–Crippen MR) is 81.5 cm³/mol. The third-order valence-electron chi connectivity index (χ3n) is 3.90. The standard InChI is InChI=1S/C15H19ClNSi/c1-5-6-7-11-8(2)9(3)13(16)12-10(4)15(18)17-14(11)12/h17H,5-7H2,1-4H3. The first kappa shape index (κ1) is 13.7. The molecule has 0 bridgehead atoms. The Morgan fingerprint density at radius 2 is 1.78 bits per heavy atom. The molecule has 2 aromatic rings. The lowest BCUT2D eigenvalue weighted by molar-refractivity contribution is 0.793. The highest BCUT2D eigenvalue weighted by atomic mass is 35.5. The molecule has 0 fully saturated rings. The molecule has 0 amide bonds. The number of benzene rings is 1. The number of fused-ring (bicyclic) bond motifs is 1. The Morgan fingerprint density at radius 1 is 1.11 bits per heavy atom. The summed E-state index contributed by atoms with van der Waals surface area (Å²) in [5.41, 5.74) is 6.37. The minimum Gasteiger partial charge on any atom is -0.363 e. The number of aromatic nitrogens is 1. The van der Waals surface area contributed by atoms with Crippen molar-refractivity contribution >= 4 is 38.1 Å². The molecule has 0 aliphatic carbocycles. The zero-order valence-corrected chi connectivity index (χ0v) is 13.3. The molecule has 0 unspecified atom stereocenters. The molecule has 0 atom stereocenters. The summed E-state index contributed by atoms with van der Waals surface area (Å²) in [5.74, 6) is 0. The number of aryl methyl sites for hydroxylation is 2. The number of aromatic amines is 1. The fraction of sp³-hybridized carbons (Fsp3) is 0.467. The van der Waals surface area contributed by atoms with Crippen molar-refractivity contribution in [3.05, 3.63) is 27.3 Å². The maximum atomic E-state index is 6.51. The fourth-order valence-corrected chi connectivity index (χ4v) is 3.15. The van der Waals surface area contributed by atoms with E-state index in [1.54, 1.807) is 0 Å². The summed E-state index contributed by atoms with van der Waals surface area (Å²) in [7, 11) is 3.63. The molecule has 95 valence electrons. The highest BCUT2D eigenvalue weighted by molar-refractivity contribution is 6.39. The second kappa shape index (κ2) is 5.10. The van der Waals surface area contributed by atoms with E-state index in [1.807, 2.05) is 0 Å². The van der Waals surface area contributed by atoms with E-state index in [-0.39, 0.29) is 0 Å². The smallest absolute Gasteiger partial charge is 0.0966 e. The van der Waals surface area contributed by atoms with E-state index in [0.29, 0.717) is 0 Å². The van der Waals surface area contributed by atoms with Crippen LogP contribution in [0.1, 0.15) is 42.0 Å². The van der Waals surface area contributed by atoms with Crippen LogP contribution in [0.3, 0.4) is 0 Å². The molecule has 1 N–H and O–H groups in total. The molecule has 3 heteroatoms. The van der Waals surface area contributed by atoms with Gasteiger partial charge in [-0.2, -0.15) is 0 Å². The Bertz CT molecular complexity index is 599. The van der Waals surface area contributed by atoms with Gasteiger partial charge in [0.25, 0.3) is 0 Å². The summed E-state index contributed by atoms with van der Waals surface area (Å²) in [5, 5.41) is 3.10. The molecule has 18 heavy (non-hydrogen) atoms. The largest absolute Gasteiger partial charge is 0.363 e. The summed E-state index contributed by atoms with van der Waals surface area (Å²) >= 11 is 6.51. The maximum absolute atomic E-state index is 6.51. The van der Waals surface area contributed by atoms with E-state index in [1.165, 1.54) is 46.0 Å². The van der Waals surface area contributed by atoms with Gasteiger partial charge in [0.15, 0.2) is 0 Å². The van der Waals surface area contributed by atoms with Crippen LogP contribution < -0.4 is 5.32 Å². The molecule has 0 saturated heterocycles. The van der Waals surface area contributed by atoms with Crippen LogP contribution in [0.5, 0.6) is 0 Å². The first-order valence-corrected chi connectivity index (χ1v) is 7.38. The van der Waals surface area contributed by atoms with E-state index in [9.17, 15) is 0 Å². The van der Waals surface area contributed by atoms with Crippen molar-refractivity contribution in [3.8, 4) is 0 Å². The summed E-state index contributed by atoms with van der Waals surface area (Å²) in [4.78, 5) is 3.44. The second-order valence-corrected chi connectivity index (χ2v) is 5.90. The summed E-state index contributed by atoms with van der Waals surface area (Å²) in [6.45, 7) is 8.62. The monoisotopic (exact) mass is 276 g/mol. The highest BCUT2D eigenvalue weighted by Crippen LogP contribution is 2.34. The first-order valence-electron chi connectivity index (χ1n) is 6.50. The molecular weight excluding hydrogens is 258 g/mol. The van der Waals surface area contributed by atoms with Crippen LogP contribution in [0.25, 0.3) is 10.9 Å². The Labute approximate surface area is 117 Å². The molecular formula is C15H19ClNSi. The van der Waals surface area contributed by atoms with Crippen molar-refractivity contribution in [2.45, 2.75) is 47.0 Å². The topological polar surface area (TPSA) is 15.8 Å². The molecule has 0 aliphatic rings. The number of halogens is 1. The minimum atomic E-state index is 0.890. The molecule has 2 rings (SSSR count). The predicted octanol–water partition coefficient (Wildman–Crippen LogP) is 3.88. The van der Waals surface area contributed by atoms with Crippen LogP contribution in [0.4, 0.5) is 0 Å². The van der Waals surface area contributed by atoms with Gasteiger partial charge in [-0.1, -0.05) is 24.9 Å². The number of H-pyrrole nitrogens is 1. The van der Waals surface area contributed by atoms with Gasteiger partial charge in [-0.15, -0.1) is 0 Å². The summed E-state index contributed by atoms with van der Waals surface area (Å²) < 4.78 is 0. The van der Waals surface area contributed by atoms with Crippen LogP contribution in [-0.2, 0) is 6.42 Å². The van der Waals surface area contributed by atoms with Gasteiger partial charge in [-0.25, -0.2) is 0 Å². The van der Waals surface area contributed by atoms with Crippen molar-refractivity contribution in [3.63, 3.8) is 0 Å². The number of hydrogen-bond acceptors (Lipinski definition) is 0. The Kier molecular flexibility index (Phi) is 3.88. The van der Waals surface area contributed by atoms with Crippen molar-refractivity contribution in [2.24, 2.45) is 0 Å². The van der Waals surface area contributed by atoms with Crippen molar-refractivity contribution in [1.82, 2.24) is 4.98 Å². The Hall–Kier alpha value is -0.733. The van der Waals surface area contributed by atoms with Gasteiger partial charge in [0.05, 0.1) is 20.8 Å².